The monoisotopic (exact) mass is 267 g/mol. The second-order valence-corrected chi connectivity index (χ2v) is 7.05. The average molecular weight is 267 g/mol. The molecular weight excluding hydrogens is 245 g/mol. The van der Waals surface area contributed by atoms with Crippen LogP contribution in [0.4, 0.5) is 4.39 Å². The van der Waals surface area contributed by atoms with Gasteiger partial charge in [-0.3, -0.25) is 0 Å². The molecule has 0 aliphatic carbocycles. The molecule has 0 spiro atoms. The van der Waals surface area contributed by atoms with Crippen LogP contribution in [0.25, 0.3) is 0 Å². The maximum Gasteiger partial charge on any atom is 0.123 e. The highest BCUT2D eigenvalue weighted by molar-refractivity contribution is 7.99. The molecule has 2 atom stereocenters. The summed E-state index contributed by atoms with van der Waals surface area (Å²) in [6, 6.07) is 7.64. The van der Waals surface area contributed by atoms with Crippen molar-refractivity contribution in [1.82, 2.24) is 5.32 Å². The van der Waals surface area contributed by atoms with Crippen molar-refractivity contribution in [2.45, 2.75) is 39.3 Å². The van der Waals surface area contributed by atoms with Gasteiger partial charge in [0.05, 0.1) is 0 Å². The molecule has 1 aliphatic heterocycles. The first-order valence-corrected chi connectivity index (χ1v) is 7.71. The Bertz CT molecular complexity index is 388. The Hall–Kier alpha value is -0.540. The first-order valence-electron chi connectivity index (χ1n) is 6.55. The average Bonchev–Trinajstić information content (AvgIpc) is 2.28. The summed E-state index contributed by atoms with van der Waals surface area (Å²) in [5.41, 5.74) is 1.58. The van der Waals surface area contributed by atoms with E-state index in [0.29, 0.717) is 11.5 Å². The fraction of sp³-hybridized carbons (Fsp3) is 0.600. The van der Waals surface area contributed by atoms with Crippen LogP contribution in [-0.4, -0.2) is 17.5 Å². The Morgan fingerprint density at radius 2 is 2.00 bits per heavy atom. The van der Waals surface area contributed by atoms with Crippen LogP contribution in [0.5, 0.6) is 0 Å². The topological polar surface area (TPSA) is 12.0 Å². The van der Waals surface area contributed by atoms with E-state index in [2.05, 4.69) is 26.1 Å². The molecular formula is C15H22FNS. The van der Waals surface area contributed by atoms with Crippen molar-refractivity contribution in [3.63, 3.8) is 0 Å². The molecule has 100 valence electrons. The van der Waals surface area contributed by atoms with E-state index in [-0.39, 0.29) is 11.9 Å². The zero-order valence-electron chi connectivity index (χ0n) is 11.4. The van der Waals surface area contributed by atoms with Crippen LogP contribution in [0.1, 0.15) is 38.8 Å². The van der Waals surface area contributed by atoms with Crippen molar-refractivity contribution in [2.75, 3.05) is 11.5 Å². The van der Waals surface area contributed by atoms with Crippen molar-refractivity contribution in [3.8, 4) is 0 Å². The van der Waals surface area contributed by atoms with Crippen molar-refractivity contribution in [1.29, 1.82) is 0 Å². The maximum atomic E-state index is 12.9. The molecule has 2 rings (SSSR count). The molecule has 1 nitrogen and oxygen atoms in total. The van der Waals surface area contributed by atoms with Crippen LogP contribution >= 0.6 is 11.8 Å². The number of thioether (sulfide) groups is 1. The molecule has 0 radical (unpaired) electrons. The second-order valence-electron chi connectivity index (χ2n) is 6.02. The predicted molar refractivity (Wildman–Crippen MR) is 77.5 cm³/mol. The third kappa shape index (κ3) is 3.72. The van der Waals surface area contributed by atoms with E-state index in [1.54, 1.807) is 0 Å². The third-order valence-corrected chi connectivity index (χ3v) is 5.09. The summed E-state index contributed by atoms with van der Waals surface area (Å²) in [5, 5.41) is 3.67. The lowest BCUT2D eigenvalue weighted by atomic mass is 9.87. The van der Waals surface area contributed by atoms with Gasteiger partial charge in [-0.25, -0.2) is 4.39 Å². The van der Waals surface area contributed by atoms with E-state index < -0.39 is 0 Å². The van der Waals surface area contributed by atoms with Crippen molar-refractivity contribution < 1.29 is 4.39 Å². The fourth-order valence-electron chi connectivity index (χ4n) is 2.57. The summed E-state index contributed by atoms with van der Waals surface area (Å²) >= 11 is 2.03. The van der Waals surface area contributed by atoms with E-state index in [1.807, 2.05) is 23.9 Å². The molecule has 1 saturated heterocycles. The van der Waals surface area contributed by atoms with Gasteiger partial charge >= 0.3 is 0 Å². The first-order chi connectivity index (χ1) is 8.46. The standard InChI is InChI=1S/C15H22FNS/c1-11(12-4-6-13(16)7-5-12)17-14-8-15(2,3)10-18-9-14/h4-7,11,14,17H,8-10H2,1-3H3. The minimum atomic E-state index is -0.166. The van der Waals surface area contributed by atoms with Crippen LogP contribution in [0.3, 0.4) is 0 Å². The van der Waals surface area contributed by atoms with Crippen molar-refractivity contribution in [2.24, 2.45) is 5.41 Å². The van der Waals surface area contributed by atoms with E-state index in [4.69, 9.17) is 0 Å². The number of hydrogen-bond acceptors (Lipinski definition) is 2. The number of nitrogens with one attached hydrogen (secondary N) is 1. The molecule has 2 unspecified atom stereocenters. The second kappa shape index (κ2) is 5.62. The molecule has 1 heterocycles. The minimum Gasteiger partial charge on any atom is -0.307 e. The van der Waals surface area contributed by atoms with Gasteiger partial charge in [0.1, 0.15) is 5.82 Å². The molecule has 18 heavy (non-hydrogen) atoms. The lowest BCUT2D eigenvalue weighted by molar-refractivity contribution is 0.305. The van der Waals surface area contributed by atoms with Gasteiger partial charge in [0.25, 0.3) is 0 Å². The van der Waals surface area contributed by atoms with Crippen LogP contribution < -0.4 is 5.32 Å². The van der Waals surface area contributed by atoms with Gasteiger partial charge < -0.3 is 5.32 Å². The van der Waals surface area contributed by atoms with Gasteiger partial charge in [0.2, 0.25) is 0 Å². The Morgan fingerprint density at radius 1 is 1.33 bits per heavy atom. The van der Waals surface area contributed by atoms with Gasteiger partial charge in [0, 0.05) is 17.8 Å². The van der Waals surface area contributed by atoms with E-state index >= 15 is 0 Å². The predicted octanol–water partition coefficient (Wildman–Crippen LogP) is 4.01. The zero-order valence-corrected chi connectivity index (χ0v) is 12.2. The number of halogens is 1. The highest BCUT2D eigenvalue weighted by Gasteiger charge is 2.29. The lowest BCUT2D eigenvalue weighted by Crippen LogP contribution is -2.41. The molecule has 0 saturated carbocycles. The zero-order chi connectivity index (χ0) is 13.2. The smallest absolute Gasteiger partial charge is 0.123 e. The minimum absolute atomic E-state index is 0.166. The molecule has 1 fully saturated rings. The molecule has 0 aromatic heterocycles. The fourth-order valence-corrected chi connectivity index (χ4v) is 3.86. The molecule has 1 aromatic rings. The summed E-state index contributed by atoms with van der Waals surface area (Å²) < 4.78 is 12.9. The summed E-state index contributed by atoms with van der Waals surface area (Å²) in [6.07, 6.45) is 1.21. The highest BCUT2D eigenvalue weighted by Crippen LogP contribution is 2.34. The van der Waals surface area contributed by atoms with E-state index in [9.17, 15) is 4.39 Å². The third-order valence-electron chi connectivity index (χ3n) is 3.47. The highest BCUT2D eigenvalue weighted by atomic mass is 32.2. The summed E-state index contributed by atoms with van der Waals surface area (Å²) in [7, 11) is 0. The van der Waals surface area contributed by atoms with Gasteiger partial charge in [0.15, 0.2) is 0 Å². The number of benzene rings is 1. The summed E-state index contributed by atoms with van der Waals surface area (Å²) in [5.74, 6) is 2.26. The Labute approximate surface area is 114 Å². The lowest BCUT2D eigenvalue weighted by Gasteiger charge is -2.36. The molecule has 3 heteroatoms. The normalized spacial score (nSPS) is 24.8. The first kappa shape index (κ1) is 13.9. The van der Waals surface area contributed by atoms with E-state index in [0.717, 1.165) is 5.56 Å². The van der Waals surface area contributed by atoms with Crippen LogP contribution in [0, 0.1) is 11.2 Å². The maximum absolute atomic E-state index is 12.9. The van der Waals surface area contributed by atoms with Crippen LogP contribution in [0.2, 0.25) is 0 Å². The quantitative estimate of drug-likeness (QED) is 0.888. The van der Waals surface area contributed by atoms with Crippen LogP contribution in [-0.2, 0) is 0 Å². The Balaban J connectivity index is 1.94. The molecule has 1 N–H and O–H groups in total. The van der Waals surface area contributed by atoms with Gasteiger partial charge in [-0.1, -0.05) is 26.0 Å². The van der Waals surface area contributed by atoms with Crippen molar-refractivity contribution >= 4 is 11.8 Å². The SMILES string of the molecule is CC(NC1CSCC(C)(C)C1)c1ccc(F)cc1. The van der Waals surface area contributed by atoms with Crippen molar-refractivity contribution in [3.05, 3.63) is 35.6 Å². The van der Waals surface area contributed by atoms with E-state index in [1.165, 1.54) is 30.1 Å². The van der Waals surface area contributed by atoms with Crippen LogP contribution in [0.15, 0.2) is 24.3 Å². The number of rotatable bonds is 3. The molecule has 0 bridgehead atoms. The largest absolute Gasteiger partial charge is 0.307 e. The molecule has 1 aromatic carbocycles. The summed E-state index contributed by atoms with van der Waals surface area (Å²) in [4.78, 5) is 0. The Morgan fingerprint density at radius 3 is 2.61 bits per heavy atom. The molecule has 0 amide bonds. The van der Waals surface area contributed by atoms with Gasteiger partial charge in [-0.15, -0.1) is 0 Å². The Kier molecular flexibility index (Phi) is 4.33. The summed E-state index contributed by atoms with van der Waals surface area (Å²) in [6.45, 7) is 6.81. The van der Waals surface area contributed by atoms with Gasteiger partial charge in [-0.05, 0) is 42.2 Å². The van der Waals surface area contributed by atoms with Gasteiger partial charge in [-0.2, -0.15) is 11.8 Å². The molecule has 1 aliphatic rings. The number of hydrogen-bond donors (Lipinski definition) is 1.